The van der Waals surface area contributed by atoms with E-state index in [4.69, 9.17) is 11.6 Å². The third kappa shape index (κ3) is 3.55. The van der Waals surface area contributed by atoms with Crippen molar-refractivity contribution in [3.8, 4) is 0 Å². The molecular weight excluding hydrogens is 360 g/mol. The summed E-state index contributed by atoms with van der Waals surface area (Å²) in [4.78, 5) is 0. The SMILES string of the molecule is O=S(=O)(NCC1=CCNCC1)c1cc(Cl)c(Br)s1. The number of hydrogen-bond donors (Lipinski definition) is 2. The standard InChI is InChI=1S/C10H12BrClN2O2S2/c11-10-8(12)5-9(17-10)18(15,16)14-6-7-1-3-13-4-2-7/h1,5,13-14H,2-4,6H2. The van der Waals surface area contributed by atoms with Crippen molar-refractivity contribution in [3.63, 3.8) is 0 Å². The molecular formula is C10H12BrClN2O2S2. The highest BCUT2D eigenvalue weighted by molar-refractivity contribution is 9.11. The summed E-state index contributed by atoms with van der Waals surface area (Å²) in [7, 11) is -3.47. The first kappa shape index (κ1) is 14.5. The number of thiophene rings is 1. The molecule has 0 aliphatic carbocycles. The molecule has 0 bridgehead atoms. The predicted molar refractivity (Wildman–Crippen MR) is 77.8 cm³/mol. The van der Waals surface area contributed by atoms with Crippen LogP contribution in [0.1, 0.15) is 6.42 Å². The summed E-state index contributed by atoms with van der Waals surface area (Å²) in [6.07, 6.45) is 2.89. The van der Waals surface area contributed by atoms with E-state index in [9.17, 15) is 8.42 Å². The number of nitrogens with one attached hydrogen (secondary N) is 2. The van der Waals surface area contributed by atoms with Crippen LogP contribution in [0.4, 0.5) is 0 Å². The lowest BCUT2D eigenvalue weighted by Gasteiger charge is -2.14. The van der Waals surface area contributed by atoms with Gasteiger partial charge >= 0.3 is 0 Å². The minimum absolute atomic E-state index is 0.230. The molecule has 0 aromatic carbocycles. The van der Waals surface area contributed by atoms with Gasteiger partial charge in [-0.25, -0.2) is 13.1 Å². The Morgan fingerprint density at radius 1 is 1.56 bits per heavy atom. The maximum atomic E-state index is 12.0. The van der Waals surface area contributed by atoms with Crippen LogP contribution in [0.3, 0.4) is 0 Å². The smallest absolute Gasteiger partial charge is 0.250 e. The van der Waals surface area contributed by atoms with Crippen LogP contribution in [0.25, 0.3) is 0 Å². The Kier molecular flexibility index (Phi) is 4.85. The minimum atomic E-state index is -3.47. The summed E-state index contributed by atoms with van der Waals surface area (Å²) < 4.78 is 27.5. The van der Waals surface area contributed by atoms with Gasteiger partial charge in [-0.2, -0.15) is 0 Å². The molecule has 2 heterocycles. The average molecular weight is 372 g/mol. The summed E-state index contributed by atoms with van der Waals surface area (Å²) in [5.74, 6) is 0. The third-order valence-corrected chi connectivity index (χ3v) is 6.88. The molecule has 4 nitrogen and oxygen atoms in total. The number of sulfonamides is 1. The molecule has 8 heteroatoms. The van der Waals surface area contributed by atoms with E-state index in [2.05, 4.69) is 26.0 Å². The van der Waals surface area contributed by atoms with Crippen molar-refractivity contribution in [1.29, 1.82) is 0 Å². The summed E-state index contributed by atoms with van der Waals surface area (Å²) in [5.41, 5.74) is 1.11. The molecule has 2 N–H and O–H groups in total. The van der Waals surface area contributed by atoms with E-state index in [0.717, 1.165) is 36.4 Å². The van der Waals surface area contributed by atoms with Gasteiger partial charge in [-0.05, 0) is 35.0 Å². The Morgan fingerprint density at radius 2 is 2.33 bits per heavy atom. The first-order valence-electron chi connectivity index (χ1n) is 5.32. The summed E-state index contributed by atoms with van der Waals surface area (Å²) >= 11 is 10.2. The quantitative estimate of drug-likeness (QED) is 0.799. The Bertz CT molecular complexity index is 549. The van der Waals surface area contributed by atoms with E-state index >= 15 is 0 Å². The highest BCUT2D eigenvalue weighted by Gasteiger charge is 2.19. The van der Waals surface area contributed by atoms with E-state index in [1.54, 1.807) is 0 Å². The van der Waals surface area contributed by atoms with Crippen LogP contribution in [0.15, 0.2) is 25.7 Å². The van der Waals surface area contributed by atoms with Gasteiger partial charge in [-0.15, -0.1) is 11.3 Å². The molecule has 0 unspecified atom stereocenters. The maximum absolute atomic E-state index is 12.0. The fraction of sp³-hybridized carbons (Fsp3) is 0.400. The lowest BCUT2D eigenvalue weighted by molar-refractivity contribution is 0.584. The van der Waals surface area contributed by atoms with Gasteiger partial charge in [0, 0.05) is 13.1 Å². The molecule has 0 fully saturated rings. The predicted octanol–water partition coefficient (Wildman–Crippen LogP) is 2.36. The summed E-state index contributed by atoms with van der Waals surface area (Å²) in [6.45, 7) is 2.05. The molecule has 1 aliphatic rings. The zero-order valence-electron chi connectivity index (χ0n) is 9.37. The fourth-order valence-electron chi connectivity index (χ4n) is 1.55. The average Bonchev–Trinajstić information content (AvgIpc) is 2.70. The van der Waals surface area contributed by atoms with Crippen LogP contribution in [-0.4, -0.2) is 28.1 Å². The highest BCUT2D eigenvalue weighted by Crippen LogP contribution is 2.34. The minimum Gasteiger partial charge on any atom is -0.313 e. The Hall–Kier alpha value is 0.0800. The van der Waals surface area contributed by atoms with E-state index in [0.29, 0.717) is 15.4 Å². The normalized spacial score (nSPS) is 16.7. The van der Waals surface area contributed by atoms with Crippen LogP contribution in [0.5, 0.6) is 0 Å². The van der Waals surface area contributed by atoms with Crippen molar-refractivity contribution in [1.82, 2.24) is 10.0 Å². The Labute approximate surface area is 124 Å². The van der Waals surface area contributed by atoms with Gasteiger partial charge in [0.2, 0.25) is 10.0 Å². The van der Waals surface area contributed by atoms with Gasteiger partial charge in [0.05, 0.1) is 8.81 Å². The molecule has 2 rings (SSSR count). The second-order valence-corrected chi connectivity index (χ2v) is 8.60. The van der Waals surface area contributed by atoms with Gasteiger partial charge in [-0.1, -0.05) is 23.3 Å². The fourth-order valence-corrected chi connectivity index (χ4v) is 5.03. The molecule has 0 spiro atoms. The van der Waals surface area contributed by atoms with Crippen LogP contribution in [0.2, 0.25) is 5.02 Å². The van der Waals surface area contributed by atoms with Gasteiger partial charge in [0.25, 0.3) is 0 Å². The zero-order valence-corrected chi connectivity index (χ0v) is 13.3. The highest BCUT2D eigenvalue weighted by atomic mass is 79.9. The van der Waals surface area contributed by atoms with Gasteiger partial charge in [-0.3, -0.25) is 0 Å². The van der Waals surface area contributed by atoms with Crippen molar-refractivity contribution in [3.05, 3.63) is 26.5 Å². The summed E-state index contributed by atoms with van der Waals surface area (Å²) in [5, 5.41) is 3.60. The lowest BCUT2D eigenvalue weighted by Crippen LogP contribution is -2.29. The van der Waals surface area contributed by atoms with E-state index < -0.39 is 10.0 Å². The van der Waals surface area contributed by atoms with Gasteiger partial charge in [0.1, 0.15) is 4.21 Å². The number of rotatable bonds is 4. The van der Waals surface area contributed by atoms with E-state index in [1.165, 1.54) is 6.07 Å². The maximum Gasteiger partial charge on any atom is 0.250 e. The summed E-state index contributed by atoms with van der Waals surface area (Å²) in [6, 6.07) is 1.45. The van der Waals surface area contributed by atoms with E-state index in [1.807, 2.05) is 6.08 Å². The second-order valence-electron chi connectivity index (χ2n) is 3.83. The largest absolute Gasteiger partial charge is 0.313 e. The molecule has 0 saturated heterocycles. The van der Waals surface area contributed by atoms with Crippen molar-refractivity contribution < 1.29 is 8.42 Å². The molecule has 0 atom stereocenters. The van der Waals surface area contributed by atoms with Crippen LogP contribution < -0.4 is 10.0 Å². The molecule has 1 aliphatic heterocycles. The second kappa shape index (κ2) is 6.02. The monoisotopic (exact) mass is 370 g/mol. The third-order valence-electron chi connectivity index (χ3n) is 2.53. The van der Waals surface area contributed by atoms with Gasteiger partial charge < -0.3 is 5.32 Å². The first-order chi connectivity index (χ1) is 8.49. The van der Waals surface area contributed by atoms with Gasteiger partial charge in [0.15, 0.2) is 0 Å². The van der Waals surface area contributed by atoms with Crippen molar-refractivity contribution in [2.45, 2.75) is 10.6 Å². The first-order valence-corrected chi connectivity index (χ1v) is 8.79. The van der Waals surface area contributed by atoms with E-state index in [-0.39, 0.29) is 4.21 Å². The Morgan fingerprint density at radius 3 is 2.89 bits per heavy atom. The topological polar surface area (TPSA) is 58.2 Å². The number of halogens is 2. The molecule has 100 valence electrons. The molecule has 0 saturated carbocycles. The van der Waals surface area contributed by atoms with Crippen molar-refractivity contribution in [2.24, 2.45) is 0 Å². The zero-order chi connectivity index (χ0) is 13.2. The van der Waals surface area contributed by atoms with Crippen LogP contribution >= 0.6 is 38.9 Å². The number of hydrogen-bond acceptors (Lipinski definition) is 4. The molecule has 1 aromatic heterocycles. The van der Waals surface area contributed by atoms with Crippen LogP contribution in [0, 0.1) is 0 Å². The molecule has 0 radical (unpaired) electrons. The molecule has 18 heavy (non-hydrogen) atoms. The van der Waals surface area contributed by atoms with Crippen LogP contribution in [-0.2, 0) is 10.0 Å². The lowest BCUT2D eigenvalue weighted by atomic mass is 10.1. The van der Waals surface area contributed by atoms with Crippen molar-refractivity contribution >= 4 is 48.9 Å². The molecule has 1 aromatic rings. The Balaban J connectivity index is 2.05. The molecule has 0 amide bonds. The van der Waals surface area contributed by atoms with Crippen molar-refractivity contribution in [2.75, 3.05) is 19.6 Å².